The Labute approximate surface area is 123 Å². The molecule has 0 saturated carbocycles. The first-order valence-electron chi connectivity index (χ1n) is 6.54. The summed E-state index contributed by atoms with van der Waals surface area (Å²) < 4.78 is 7.06. The van der Waals surface area contributed by atoms with Crippen molar-refractivity contribution in [2.75, 3.05) is 7.05 Å². The Morgan fingerprint density at radius 2 is 2.00 bits per heavy atom. The summed E-state index contributed by atoms with van der Waals surface area (Å²) in [6.07, 6.45) is 0.902. The molecule has 2 nitrogen and oxygen atoms in total. The highest BCUT2D eigenvalue weighted by Crippen LogP contribution is 2.33. The van der Waals surface area contributed by atoms with Gasteiger partial charge in [-0.3, -0.25) is 0 Å². The Morgan fingerprint density at radius 1 is 1.26 bits per heavy atom. The van der Waals surface area contributed by atoms with Gasteiger partial charge in [-0.05, 0) is 57.1 Å². The normalized spacial score (nSPS) is 12.7. The van der Waals surface area contributed by atoms with E-state index in [-0.39, 0.29) is 0 Å². The third-order valence-electron chi connectivity index (χ3n) is 3.34. The molecule has 0 bridgehead atoms. The fourth-order valence-electron chi connectivity index (χ4n) is 2.25. The number of rotatable bonds is 4. The summed E-state index contributed by atoms with van der Waals surface area (Å²) >= 11 is 3.64. The maximum atomic E-state index is 5.97. The van der Waals surface area contributed by atoms with Gasteiger partial charge in [0.15, 0.2) is 0 Å². The third-order valence-corrected chi connectivity index (χ3v) is 3.97. The summed E-state index contributed by atoms with van der Waals surface area (Å²) in [4.78, 5) is 0. The van der Waals surface area contributed by atoms with Gasteiger partial charge in [-0.25, -0.2) is 0 Å². The number of hydrogen-bond donors (Lipinski definition) is 1. The van der Waals surface area contributed by atoms with Crippen molar-refractivity contribution in [3.63, 3.8) is 0 Å². The Balaban J connectivity index is 2.33. The summed E-state index contributed by atoms with van der Waals surface area (Å²) in [5.74, 6) is 1.95. The molecule has 0 aliphatic carbocycles. The number of furan rings is 1. The fourth-order valence-corrected chi connectivity index (χ4v) is 3.12. The predicted molar refractivity (Wildman–Crippen MR) is 83.5 cm³/mol. The van der Waals surface area contributed by atoms with Gasteiger partial charge >= 0.3 is 0 Å². The molecule has 3 heteroatoms. The van der Waals surface area contributed by atoms with Crippen LogP contribution in [0.2, 0.25) is 0 Å². The molecule has 0 radical (unpaired) electrons. The van der Waals surface area contributed by atoms with Crippen molar-refractivity contribution in [1.82, 2.24) is 5.32 Å². The van der Waals surface area contributed by atoms with E-state index in [2.05, 4.69) is 66.3 Å². The van der Waals surface area contributed by atoms with Gasteiger partial charge in [0, 0.05) is 22.5 Å². The van der Waals surface area contributed by atoms with E-state index in [1.54, 1.807) is 0 Å². The van der Waals surface area contributed by atoms with E-state index < -0.39 is 0 Å². The van der Waals surface area contributed by atoms with Crippen molar-refractivity contribution in [3.8, 4) is 11.3 Å². The van der Waals surface area contributed by atoms with Crippen molar-refractivity contribution >= 4 is 15.9 Å². The average molecular weight is 322 g/mol. The lowest BCUT2D eigenvalue weighted by atomic mass is 10.0. The molecule has 1 aromatic heterocycles. The smallest absolute Gasteiger partial charge is 0.135 e. The molecule has 2 rings (SSSR count). The lowest BCUT2D eigenvalue weighted by molar-refractivity contribution is 0.481. The van der Waals surface area contributed by atoms with Gasteiger partial charge in [0.1, 0.15) is 11.5 Å². The number of nitrogens with one attached hydrogen (secondary N) is 1. The highest BCUT2D eigenvalue weighted by molar-refractivity contribution is 9.10. The molecule has 19 heavy (non-hydrogen) atoms. The molecule has 1 atom stereocenters. The molecule has 2 aromatic rings. The summed E-state index contributed by atoms with van der Waals surface area (Å²) in [6.45, 7) is 6.37. The van der Waals surface area contributed by atoms with Crippen LogP contribution < -0.4 is 5.32 Å². The van der Waals surface area contributed by atoms with Crippen LogP contribution in [0.25, 0.3) is 11.3 Å². The maximum absolute atomic E-state index is 5.97. The predicted octanol–water partition coefficient (Wildman–Crippen LogP) is 4.48. The molecule has 0 saturated heterocycles. The summed E-state index contributed by atoms with van der Waals surface area (Å²) in [7, 11) is 1.97. The minimum atomic E-state index is 0.418. The molecular formula is C16H20BrNO. The van der Waals surface area contributed by atoms with E-state index in [4.69, 9.17) is 4.42 Å². The van der Waals surface area contributed by atoms with E-state index in [1.807, 2.05) is 7.05 Å². The SMILES string of the molecule is CNC(C)Cc1ccc(-c2c(C)cc(C)cc2Br)o1. The standard InChI is InChI=1S/C16H20BrNO/c1-10-7-11(2)16(14(17)8-10)15-6-5-13(19-15)9-12(3)18-4/h5-8,12,18H,9H2,1-4H3. The van der Waals surface area contributed by atoms with Crippen LogP contribution in [0.3, 0.4) is 0 Å². The largest absolute Gasteiger partial charge is 0.461 e. The molecule has 0 amide bonds. The molecule has 0 spiro atoms. The van der Waals surface area contributed by atoms with Gasteiger partial charge in [0.05, 0.1) is 0 Å². The van der Waals surface area contributed by atoms with Gasteiger partial charge in [0.25, 0.3) is 0 Å². The van der Waals surface area contributed by atoms with Crippen LogP contribution in [-0.4, -0.2) is 13.1 Å². The lowest BCUT2D eigenvalue weighted by Gasteiger charge is -2.09. The van der Waals surface area contributed by atoms with E-state index >= 15 is 0 Å². The zero-order valence-electron chi connectivity index (χ0n) is 11.9. The van der Waals surface area contributed by atoms with E-state index in [1.165, 1.54) is 11.1 Å². The minimum absolute atomic E-state index is 0.418. The van der Waals surface area contributed by atoms with Crippen LogP contribution in [0, 0.1) is 13.8 Å². The molecule has 0 fully saturated rings. The zero-order chi connectivity index (χ0) is 14.0. The van der Waals surface area contributed by atoms with Gasteiger partial charge in [-0.1, -0.05) is 22.0 Å². The van der Waals surface area contributed by atoms with Crippen molar-refractivity contribution in [1.29, 1.82) is 0 Å². The van der Waals surface area contributed by atoms with Crippen LogP contribution in [0.15, 0.2) is 33.2 Å². The molecule has 0 aliphatic rings. The number of halogens is 1. The van der Waals surface area contributed by atoms with E-state index in [0.717, 1.165) is 28.0 Å². The van der Waals surface area contributed by atoms with Crippen LogP contribution in [0.4, 0.5) is 0 Å². The van der Waals surface area contributed by atoms with Crippen LogP contribution in [-0.2, 0) is 6.42 Å². The monoisotopic (exact) mass is 321 g/mol. The Morgan fingerprint density at radius 3 is 2.63 bits per heavy atom. The van der Waals surface area contributed by atoms with Gasteiger partial charge in [-0.15, -0.1) is 0 Å². The van der Waals surface area contributed by atoms with Gasteiger partial charge in [-0.2, -0.15) is 0 Å². The number of likely N-dealkylation sites (N-methyl/N-ethyl adjacent to an activating group) is 1. The zero-order valence-corrected chi connectivity index (χ0v) is 13.5. The van der Waals surface area contributed by atoms with Gasteiger partial charge in [0.2, 0.25) is 0 Å². The molecule has 0 aliphatic heterocycles. The second-order valence-corrected chi connectivity index (χ2v) is 5.95. The third kappa shape index (κ3) is 3.28. The summed E-state index contributed by atoms with van der Waals surface area (Å²) in [5, 5.41) is 3.22. The van der Waals surface area contributed by atoms with E-state index in [0.29, 0.717) is 6.04 Å². The van der Waals surface area contributed by atoms with Crippen LogP contribution >= 0.6 is 15.9 Å². The molecule has 1 N–H and O–H groups in total. The maximum Gasteiger partial charge on any atom is 0.135 e. The second kappa shape index (κ2) is 5.93. The topological polar surface area (TPSA) is 25.2 Å². The quantitative estimate of drug-likeness (QED) is 0.898. The first-order valence-corrected chi connectivity index (χ1v) is 7.33. The Hall–Kier alpha value is -1.06. The highest BCUT2D eigenvalue weighted by Gasteiger charge is 2.13. The van der Waals surface area contributed by atoms with Gasteiger partial charge < -0.3 is 9.73 Å². The van der Waals surface area contributed by atoms with Crippen LogP contribution in [0.5, 0.6) is 0 Å². The molecular weight excluding hydrogens is 302 g/mol. The first kappa shape index (κ1) is 14.4. The molecule has 102 valence electrons. The second-order valence-electron chi connectivity index (χ2n) is 5.10. The Kier molecular flexibility index (Phi) is 4.48. The fraction of sp³-hybridized carbons (Fsp3) is 0.375. The average Bonchev–Trinajstić information content (AvgIpc) is 2.75. The number of aryl methyl sites for hydroxylation is 2. The summed E-state index contributed by atoms with van der Waals surface area (Å²) in [6, 6.07) is 8.84. The van der Waals surface area contributed by atoms with Crippen molar-refractivity contribution < 1.29 is 4.42 Å². The highest BCUT2D eigenvalue weighted by atomic mass is 79.9. The van der Waals surface area contributed by atoms with Crippen molar-refractivity contribution in [2.45, 2.75) is 33.2 Å². The van der Waals surface area contributed by atoms with E-state index in [9.17, 15) is 0 Å². The number of hydrogen-bond acceptors (Lipinski definition) is 2. The van der Waals surface area contributed by atoms with Crippen molar-refractivity contribution in [2.24, 2.45) is 0 Å². The number of benzene rings is 1. The Bertz CT molecular complexity index is 551. The molecule has 1 unspecified atom stereocenters. The van der Waals surface area contributed by atoms with Crippen LogP contribution in [0.1, 0.15) is 23.8 Å². The summed E-state index contributed by atoms with van der Waals surface area (Å²) in [5.41, 5.74) is 3.63. The molecule has 1 heterocycles. The lowest BCUT2D eigenvalue weighted by Crippen LogP contribution is -2.23. The minimum Gasteiger partial charge on any atom is -0.461 e. The van der Waals surface area contributed by atoms with Crippen molar-refractivity contribution in [3.05, 3.63) is 45.6 Å². The first-order chi connectivity index (χ1) is 9.01. The molecule has 1 aromatic carbocycles.